The minimum atomic E-state index is -0.548. The topological polar surface area (TPSA) is 96.7 Å². The standard InChI is InChI=1S/C20H16ClN5O2/c1-12-2-4-13(5-3-12)10-26-11-16(15-8-14(21)6-7-17(15)26)18(27)9-19(28)20-22-24-25-23-20/h2-9,11,27H,10H2,1H3,(H,22,23,24,25). The van der Waals surface area contributed by atoms with E-state index in [4.69, 9.17) is 11.6 Å². The number of aromatic amines is 1. The predicted octanol–water partition coefficient (Wildman–Crippen LogP) is 3.95. The lowest BCUT2D eigenvalue weighted by molar-refractivity contribution is 0.103. The maximum absolute atomic E-state index is 12.2. The van der Waals surface area contributed by atoms with E-state index in [1.165, 1.54) is 5.56 Å². The quantitative estimate of drug-likeness (QED) is 0.304. The number of aliphatic hydroxyl groups excluding tert-OH is 1. The zero-order chi connectivity index (χ0) is 19.7. The van der Waals surface area contributed by atoms with Gasteiger partial charge in [-0.25, -0.2) is 0 Å². The Morgan fingerprint density at radius 1 is 1.25 bits per heavy atom. The first-order valence-corrected chi connectivity index (χ1v) is 8.92. The molecule has 2 heterocycles. The number of hydrogen-bond acceptors (Lipinski definition) is 5. The number of aryl methyl sites for hydroxylation is 1. The second kappa shape index (κ2) is 7.28. The van der Waals surface area contributed by atoms with Gasteiger partial charge in [-0.1, -0.05) is 41.4 Å². The van der Waals surface area contributed by atoms with Crippen molar-refractivity contribution >= 4 is 34.0 Å². The molecule has 0 aliphatic rings. The predicted molar refractivity (Wildman–Crippen MR) is 106 cm³/mol. The van der Waals surface area contributed by atoms with Crippen LogP contribution in [0, 0.1) is 6.92 Å². The number of aromatic nitrogens is 5. The number of hydrogen-bond donors (Lipinski definition) is 2. The van der Waals surface area contributed by atoms with E-state index < -0.39 is 5.78 Å². The van der Waals surface area contributed by atoms with Crippen LogP contribution in [0.5, 0.6) is 0 Å². The largest absolute Gasteiger partial charge is 0.507 e. The van der Waals surface area contributed by atoms with Crippen molar-refractivity contribution in [1.29, 1.82) is 0 Å². The molecule has 4 aromatic rings. The SMILES string of the molecule is Cc1ccc(Cn2cc(C(O)=CC(=O)c3nn[nH]n3)c3cc(Cl)ccc32)cc1. The van der Waals surface area contributed by atoms with E-state index >= 15 is 0 Å². The number of carbonyl (C=O) groups is 1. The molecule has 0 amide bonds. The first-order chi connectivity index (χ1) is 13.5. The lowest BCUT2D eigenvalue weighted by Gasteiger charge is -2.06. The van der Waals surface area contributed by atoms with Gasteiger partial charge >= 0.3 is 0 Å². The molecule has 0 spiro atoms. The Labute approximate surface area is 165 Å². The Morgan fingerprint density at radius 2 is 2.04 bits per heavy atom. The van der Waals surface area contributed by atoms with Crippen molar-refractivity contribution in [3.8, 4) is 0 Å². The van der Waals surface area contributed by atoms with Gasteiger partial charge < -0.3 is 9.67 Å². The minimum Gasteiger partial charge on any atom is -0.507 e. The fourth-order valence-corrected chi connectivity index (χ4v) is 3.20. The highest BCUT2D eigenvalue weighted by atomic mass is 35.5. The Kier molecular flexibility index (Phi) is 4.67. The summed E-state index contributed by atoms with van der Waals surface area (Å²) >= 11 is 6.16. The molecular formula is C20H16ClN5O2. The van der Waals surface area contributed by atoms with E-state index in [9.17, 15) is 9.90 Å². The fourth-order valence-electron chi connectivity index (χ4n) is 3.03. The van der Waals surface area contributed by atoms with Gasteiger partial charge in [0.15, 0.2) is 0 Å². The van der Waals surface area contributed by atoms with Gasteiger partial charge in [-0.15, -0.1) is 10.2 Å². The summed E-state index contributed by atoms with van der Waals surface area (Å²) < 4.78 is 2.01. The average Bonchev–Trinajstić information content (AvgIpc) is 3.32. The number of tetrazole rings is 1. The van der Waals surface area contributed by atoms with Gasteiger partial charge in [0, 0.05) is 40.3 Å². The van der Waals surface area contributed by atoms with Crippen LogP contribution in [0.1, 0.15) is 27.3 Å². The minimum absolute atomic E-state index is 0.118. The molecule has 0 aliphatic heterocycles. The molecule has 7 nitrogen and oxygen atoms in total. The van der Waals surface area contributed by atoms with Gasteiger partial charge in [-0.2, -0.15) is 5.21 Å². The zero-order valence-electron chi connectivity index (χ0n) is 14.9. The van der Waals surface area contributed by atoms with Gasteiger partial charge in [0.05, 0.1) is 0 Å². The number of H-pyrrole nitrogens is 1. The first-order valence-electron chi connectivity index (χ1n) is 8.54. The highest BCUT2D eigenvalue weighted by molar-refractivity contribution is 6.31. The summed E-state index contributed by atoms with van der Waals surface area (Å²) in [5, 5.41) is 24.7. The van der Waals surface area contributed by atoms with Gasteiger partial charge in [0.2, 0.25) is 11.6 Å². The monoisotopic (exact) mass is 393 g/mol. The molecule has 140 valence electrons. The number of carbonyl (C=O) groups excluding carboxylic acids is 1. The Hall–Kier alpha value is -3.45. The Morgan fingerprint density at radius 3 is 2.75 bits per heavy atom. The summed E-state index contributed by atoms with van der Waals surface area (Å²) in [7, 11) is 0. The highest BCUT2D eigenvalue weighted by Crippen LogP contribution is 2.29. The molecule has 28 heavy (non-hydrogen) atoms. The Balaban J connectivity index is 1.76. The number of fused-ring (bicyclic) bond motifs is 1. The van der Waals surface area contributed by atoms with Crippen molar-refractivity contribution in [3.05, 3.63) is 82.3 Å². The molecule has 2 aromatic carbocycles. The summed E-state index contributed by atoms with van der Waals surface area (Å²) in [6, 6.07) is 13.7. The van der Waals surface area contributed by atoms with Crippen LogP contribution in [0.2, 0.25) is 5.02 Å². The first kappa shape index (κ1) is 17.9. The maximum Gasteiger partial charge on any atom is 0.244 e. The number of allylic oxidation sites excluding steroid dienone is 1. The molecule has 0 unspecified atom stereocenters. The number of nitrogens with one attached hydrogen (secondary N) is 1. The van der Waals surface area contributed by atoms with Crippen LogP contribution < -0.4 is 0 Å². The van der Waals surface area contributed by atoms with Gasteiger partial charge in [-0.05, 0) is 35.9 Å². The van der Waals surface area contributed by atoms with Crippen molar-refractivity contribution in [3.63, 3.8) is 0 Å². The van der Waals surface area contributed by atoms with Gasteiger partial charge in [0.25, 0.3) is 0 Å². The number of nitrogens with zero attached hydrogens (tertiary/aromatic N) is 4. The van der Waals surface area contributed by atoms with Crippen LogP contribution in [0.3, 0.4) is 0 Å². The third kappa shape index (κ3) is 3.52. The molecule has 0 aliphatic carbocycles. The number of halogens is 1. The lowest BCUT2D eigenvalue weighted by atomic mass is 10.1. The van der Waals surface area contributed by atoms with E-state index in [0.717, 1.165) is 22.5 Å². The second-order valence-electron chi connectivity index (χ2n) is 6.45. The average molecular weight is 394 g/mol. The molecule has 8 heteroatoms. The molecule has 2 N–H and O–H groups in total. The maximum atomic E-state index is 12.2. The van der Waals surface area contributed by atoms with Crippen molar-refractivity contribution in [1.82, 2.24) is 25.2 Å². The number of benzene rings is 2. The smallest absolute Gasteiger partial charge is 0.244 e. The molecule has 2 aromatic heterocycles. The zero-order valence-corrected chi connectivity index (χ0v) is 15.7. The molecule has 0 bridgehead atoms. The number of rotatable bonds is 5. The van der Waals surface area contributed by atoms with Gasteiger partial charge in [0.1, 0.15) is 5.76 Å². The molecule has 0 radical (unpaired) electrons. The molecular weight excluding hydrogens is 378 g/mol. The normalized spacial score (nSPS) is 11.9. The fraction of sp³-hybridized carbons (Fsp3) is 0.100. The van der Waals surface area contributed by atoms with Crippen molar-refractivity contribution < 1.29 is 9.90 Å². The van der Waals surface area contributed by atoms with E-state index in [1.54, 1.807) is 18.3 Å². The van der Waals surface area contributed by atoms with E-state index in [-0.39, 0.29) is 11.6 Å². The summed E-state index contributed by atoms with van der Waals surface area (Å²) in [5.74, 6) is -0.856. The van der Waals surface area contributed by atoms with Crippen LogP contribution in [-0.2, 0) is 6.54 Å². The highest BCUT2D eigenvalue weighted by Gasteiger charge is 2.16. The van der Waals surface area contributed by atoms with E-state index in [0.29, 0.717) is 17.1 Å². The third-order valence-electron chi connectivity index (χ3n) is 4.43. The lowest BCUT2D eigenvalue weighted by Crippen LogP contribution is -2.00. The molecule has 4 rings (SSSR count). The van der Waals surface area contributed by atoms with Crippen LogP contribution in [0.25, 0.3) is 16.7 Å². The summed E-state index contributed by atoms with van der Waals surface area (Å²) in [6.07, 6.45) is 2.88. The Bertz CT molecular complexity index is 1180. The third-order valence-corrected chi connectivity index (χ3v) is 4.66. The van der Waals surface area contributed by atoms with E-state index in [1.807, 2.05) is 17.6 Å². The van der Waals surface area contributed by atoms with Crippen molar-refractivity contribution in [2.45, 2.75) is 13.5 Å². The van der Waals surface area contributed by atoms with Crippen LogP contribution >= 0.6 is 11.6 Å². The second-order valence-corrected chi connectivity index (χ2v) is 6.88. The van der Waals surface area contributed by atoms with Crippen LogP contribution in [-0.4, -0.2) is 36.1 Å². The molecule has 0 atom stereocenters. The number of aliphatic hydroxyl groups is 1. The number of ketones is 1. The van der Waals surface area contributed by atoms with Crippen LogP contribution in [0.4, 0.5) is 0 Å². The van der Waals surface area contributed by atoms with Crippen molar-refractivity contribution in [2.75, 3.05) is 0 Å². The summed E-state index contributed by atoms with van der Waals surface area (Å²) in [6.45, 7) is 2.66. The van der Waals surface area contributed by atoms with Gasteiger partial charge in [-0.3, -0.25) is 4.79 Å². The molecule has 0 fully saturated rings. The van der Waals surface area contributed by atoms with E-state index in [2.05, 4.69) is 44.9 Å². The summed E-state index contributed by atoms with van der Waals surface area (Å²) in [4.78, 5) is 12.2. The van der Waals surface area contributed by atoms with Crippen molar-refractivity contribution in [2.24, 2.45) is 0 Å². The molecule has 0 saturated carbocycles. The molecule has 0 saturated heterocycles. The van der Waals surface area contributed by atoms with Crippen LogP contribution in [0.15, 0.2) is 54.7 Å². The summed E-state index contributed by atoms with van der Waals surface area (Å²) in [5.41, 5.74) is 3.71.